The predicted octanol–water partition coefficient (Wildman–Crippen LogP) is 0.331. The molecule has 0 fully saturated rings. The first-order valence-electron chi connectivity index (χ1n) is 4.88. The van der Waals surface area contributed by atoms with E-state index >= 15 is 0 Å². The molecule has 7 nitrogen and oxygen atoms in total. The number of nitrogens with zero attached hydrogens (tertiary/aromatic N) is 3. The van der Waals surface area contributed by atoms with Gasteiger partial charge in [0, 0.05) is 12.3 Å². The Hall–Kier alpha value is -1.28. The molecular formula is C8H16N6OS. The van der Waals surface area contributed by atoms with Crippen LogP contribution in [0.4, 0.5) is 11.9 Å². The fraction of sp³-hybridized carbons (Fsp3) is 0.625. The highest BCUT2D eigenvalue weighted by molar-refractivity contribution is 7.98. The molecule has 0 spiro atoms. The molecule has 0 saturated carbocycles. The molecule has 0 aliphatic rings. The molecule has 8 heteroatoms. The van der Waals surface area contributed by atoms with E-state index in [0.29, 0.717) is 12.6 Å². The summed E-state index contributed by atoms with van der Waals surface area (Å²) in [5, 5.41) is 3.06. The van der Waals surface area contributed by atoms with E-state index in [2.05, 4.69) is 25.7 Å². The minimum atomic E-state index is 0.261. The van der Waals surface area contributed by atoms with Gasteiger partial charge in [0.25, 0.3) is 0 Å². The van der Waals surface area contributed by atoms with Crippen LogP contribution in [0, 0.1) is 0 Å². The average molecular weight is 244 g/mol. The Bertz CT molecular complexity index is 323. The van der Waals surface area contributed by atoms with Crippen LogP contribution in [0.1, 0.15) is 6.92 Å². The molecule has 1 rings (SSSR count). The van der Waals surface area contributed by atoms with Crippen LogP contribution in [0.3, 0.4) is 0 Å². The van der Waals surface area contributed by atoms with Crippen LogP contribution < -0.4 is 21.3 Å². The number of ether oxygens (including phenoxy) is 1. The normalized spacial score (nSPS) is 9.94. The highest BCUT2D eigenvalue weighted by atomic mass is 32.2. The van der Waals surface area contributed by atoms with Gasteiger partial charge in [0.1, 0.15) is 0 Å². The van der Waals surface area contributed by atoms with E-state index in [9.17, 15) is 0 Å². The summed E-state index contributed by atoms with van der Waals surface area (Å²) in [6.07, 6.45) is 2.04. The van der Waals surface area contributed by atoms with Crippen LogP contribution in [0.2, 0.25) is 0 Å². The summed E-state index contributed by atoms with van der Waals surface area (Å²) in [5.74, 6) is 6.96. The molecule has 0 bridgehead atoms. The number of hydrogen-bond acceptors (Lipinski definition) is 8. The summed E-state index contributed by atoms with van der Waals surface area (Å²) in [7, 11) is 0. The van der Waals surface area contributed by atoms with E-state index in [-0.39, 0.29) is 12.0 Å². The lowest BCUT2D eigenvalue weighted by Gasteiger charge is -2.07. The van der Waals surface area contributed by atoms with Crippen LogP contribution in [0.15, 0.2) is 0 Å². The molecule has 1 heterocycles. The van der Waals surface area contributed by atoms with E-state index in [1.165, 1.54) is 0 Å². The summed E-state index contributed by atoms with van der Waals surface area (Å²) in [4.78, 5) is 12.1. The number of nitrogens with two attached hydrogens (primary N) is 1. The highest BCUT2D eigenvalue weighted by Crippen LogP contribution is 2.10. The Labute approximate surface area is 98.6 Å². The van der Waals surface area contributed by atoms with Crippen molar-refractivity contribution < 1.29 is 4.74 Å². The van der Waals surface area contributed by atoms with Gasteiger partial charge in [-0.15, -0.1) is 0 Å². The molecule has 0 atom stereocenters. The van der Waals surface area contributed by atoms with Gasteiger partial charge in [-0.3, -0.25) is 5.43 Å². The SMILES string of the molecule is CCOc1nc(NN)nc(NCCSC)n1. The topological polar surface area (TPSA) is 98.0 Å². The Balaban J connectivity index is 2.69. The second kappa shape index (κ2) is 7.07. The number of anilines is 2. The number of hydrogen-bond donors (Lipinski definition) is 3. The van der Waals surface area contributed by atoms with Gasteiger partial charge in [-0.1, -0.05) is 0 Å². The number of rotatable bonds is 7. The van der Waals surface area contributed by atoms with E-state index in [1.54, 1.807) is 11.8 Å². The number of aromatic nitrogens is 3. The van der Waals surface area contributed by atoms with Crippen molar-refractivity contribution in [3.05, 3.63) is 0 Å². The third-order valence-corrected chi connectivity index (χ3v) is 2.22. The fourth-order valence-electron chi connectivity index (χ4n) is 0.959. The molecule has 0 unspecified atom stereocenters. The average Bonchev–Trinajstić information content (AvgIpc) is 2.29. The molecule has 0 radical (unpaired) electrons. The Kier molecular flexibility index (Phi) is 5.65. The molecular weight excluding hydrogens is 228 g/mol. The lowest BCUT2D eigenvalue weighted by Crippen LogP contribution is -2.15. The van der Waals surface area contributed by atoms with Gasteiger partial charge in [-0.2, -0.15) is 26.7 Å². The quantitative estimate of drug-likeness (QED) is 0.358. The number of nitrogens with one attached hydrogen (secondary N) is 2. The Morgan fingerprint density at radius 2 is 2.06 bits per heavy atom. The van der Waals surface area contributed by atoms with Gasteiger partial charge >= 0.3 is 6.01 Å². The standard InChI is InChI=1S/C8H16N6OS/c1-3-15-8-12-6(10-4-5-16-2)11-7(13-8)14-9/h3-5,9H2,1-2H3,(H2,10,11,12,13,14). The molecule has 0 amide bonds. The first kappa shape index (κ1) is 12.8. The zero-order valence-electron chi connectivity index (χ0n) is 9.36. The summed E-state index contributed by atoms with van der Waals surface area (Å²) in [6.45, 7) is 3.14. The first-order valence-corrected chi connectivity index (χ1v) is 6.27. The Morgan fingerprint density at radius 1 is 1.31 bits per heavy atom. The summed E-state index contributed by atoms with van der Waals surface area (Å²) < 4.78 is 5.19. The number of hydrazine groups is 1. The zero-order chi connectivity index (χ0) is 11.8. The predicted molar refractivity (Wildman–Crippen MR) is 65.7 cm³/mol. The molecule has 1 aromatic heterocycles. The summed E-state index contributed by atoms with van der Waals surface area (Å²) in [6, 6.07) is 0.261. The van der Waals surface area contributed by atoms with Crippen LogP contribution in [0.5, 0.6) is 6.01 Å². The van der Waals surface area contributed by atoms with Gasteiger partial charge in [-0.05, 0) is 13.2 Å². The highest BCUT2D eigenvalue weighted by Gasteiger charge is 2.05. The van der Waals surface area contributed by atoms with Gasteiger partial charge in [0.05, 0.1) is 6.61 Å². The smallest absolute Gasteiger partial charge is 0.323 e. The third kappa shape index (κ3) is 4.07. The molecule has 0 saturated heterocycles. The molecule has 4 N–H and O–H groups in total. The lowest BCUT2D eigenvalue weighted by molar-refractivity contribution is 0.312. The minimum absolute atomic E-state index is 0.261. The molecule has 0 aliphatic carbocycles. The fourth-order valence-corrected chi connectivity index (χ4v) is 1.26. The van der Waals surface area contributed by atoms with Crippen LogP contribution in [0.25, 0.3) is 0 Å². The van der Waals surface area contributed by atoms with Crippen molar-refractivity contribution in [3.8, 4) is 6.01 Å². The van der Waals surface area contributed by atoms with Crippen molar-refractivity contribution >= 4 is 23.7 Å². The monoisotopic (exact) mass is 244 g/mol. The number of thioether (sulfide) groups is 1. The van der Waals surface area contributed by atoms with Gasteiger partial charge in [0.2, 0.25) is 11.9 Å². The third-order valence-electron chi connectivity index (χ3n) is 1.61. The lowest BCUT2D eigenvalue weighted by atomic mass is 10.7. The maximum atomic E-state index is 5.25. The molecule has 90 valence electrons. The molecule has 0 aliphatic heterocycles. The molecule has 1 aromatic rings. The second-order valence-electron chi connectivity index (χ2n) is 2.76. The summed E-state index contributed by atoms with van der Waals surface area (Å²) in [5.41, 5.74) is 2.37. The molecule has 0 aromatic carbocycles. The molecule has 16 heavy (non-hydrogen) atoms. The van der Waals surface area contributed by atoms with Crippen molar-refractivity contribution in [2.75, 3.05) is 35.9 Å². The van der Waals surface area contributed by atoms with E-state index in [4.69, 9.17) is 10.6 Å². The summed E-state index contributed by atoms with van der Waals surface area (Å²) >= 11 is 1.74. The van der Waals surface area contributed by atoms with Crippen molar-refractivity contribution in [1.29, 1.82) is 0 Å². The zero-order valence-corrected chi connectivity index (χ0v) is 10.2. The maximum absolute atomic E-state index is 5.25. The second-order valence-corrected chi connectivity index (χ2v) is 3.75. The van der Waals surface area contributed by atoms with Crippen molar-refractivity contribution in [2.45, 2.75) is 6.92 Å². The minimum Gasteiger partial charge on any atom is -0.464 e. The van der Waals surface area contributed by atoms with Gasteiger partial charge in [0.15, 0.2) is 0 Å². The van der Waals surface area contributed by atoms with E-state index in [1.807, 2.05) is 13.2 Å². The van der Waals surface area contributed by atoms with Crippen molar-refractivity contribution in [1.82, 2.24) is 15.0 Å². The number of nitrogen functional groups attached to an aromatic ring is 1. The van der Waals surface area contributed by atoms with Crippen LogP contribution >= 0.6 is 11.8 Å². The van der Waals surface area contributed by atoms with Gasteiger partial charge < -0.3 is 10.1 Å². The van der Waals surface area contributed by atoms with E-state index < -0.39 is 0 Å². The van der Waals surface area contributed by atoms with Crippen molar-refractivity contribution in [2.24, 2.45) is 5.84 Å². The van der Waals surface area contributed by atoms with Crippen LogP contribution in [-0.4, -0.2) is 40.1 Å². The maximum Gasteiger partial charge on any atom is 0.323 e. The first-order chi connectivity index (χ1) is 7.80. The van der Waals surface area contributed by atoms with E-state index in [0.717, 1.165) is 12.3 Å². The Morgan fingerprint density at radius 3 is 2.69 bits per heavy atom. The largest absolute Gasteiger partial charge is 0.464 e. The van der Waals surface area contributed by atoms with Gasteiger partial charge in [-0.25, -0.2) is 5.84 Å². The van der Waals surface area contributed by atoms with Crippen LogP contribution in [-0.2, 0) is 0 Å². The van der Waals surface area contributed by atoms with Crippen molar-refractivity contribution in [3.63, 3.8) is 0 Å².